The summed E-state index contributed by atoms with van der Waals surface area (Å²) in [5.74, 6) is 1.44. The third kappa shape index (κ3) is 6.31. The van der Waals surface area contributed by atoms with Gasteiger partial charge in [0.05, 0.1) is 0 Å². The fourth-order valence-corrected chi connectivity index (χ4v) is 5.14. The van der Waals surface area contributed by atoms with Crippen molar-refractivity contribution in [2.75, 3.05) is 0 Å². The number of amides is 2. The van der Waals surface area contributed by atoms with E-state index in [9.17, 15) is 9.59 Å². The van der Waals surface area contributed by atoms with Gasteiger partial charge >= 0.3 is 0 Å². The zero-order valence-electron chi connectivity index (χ0n) is 15.7. The van der Waals surface area contributed by atoms with E-state index in [1.807, 2.05) is 0 Å². The van der Waals surface area contributed by atoms with Gasteiger partial charge in [0.2, 0.25) is 11.8 Å². The summed E-state index contributed by atoms with van der Waals surface area (Å²) in [5, 5.41) is 6.47. The summed E-state index contributed by atoms with van der Waals surface area (Å²) in [4.78, 5) is 24.5. The van der Waals surface area contributed by atoms with Crippen LogP contribution in [0.5, 0.6) is 0 Å². The molecular weight excluding hydrogens is 312 g/mol. The Labute approximate surface area is 152 Å². The van der Waals surface area contributed by atoms with Gasteiger partial charge in [0.25, 0.3) is 0 Å². The van der Waals surface area contributed by atoms with Crippen LogP contribution in [0.25, 0.3) is 0 Å². The smallest absolute Gasteiger partial charge is 0.220 e. The molecule has 2 amide bonds. The molecule has 3 saturated carbocycles. The van der Waals surface area contributed by atoms with Crippen molar-refractivity contribution in [2.45, 2.75) is 108 Å². The molecule has 3 fully saturated rings. The minimum atomic E-state index is 0.240. The molecule has 0 aromatic rings. The van der Waals surface area contributed by atoms with Crippen molar-refractivity contribution in [3.05, 3.63) is 0 Å². The van der Waals surface area contributed by atoms with Crippen molar-refractivity contribution in [1.29, 1.82) is 0 Å². The molecule has 0 saturated heterocycles. The summed E-state index contributed by atoms with van der Waals surface area (Å²) in [6.07, 6.45) is 16.9. The van der Waals surface area contributed by atoms with E-state index in [4.69, 9.17) is 0 Å². The first-order valence-electron chi connectivity index (χ1n) is 10.8. The Balaban J connectivity index is 1.32. The zero-order chi connectivity index (χ0) is 17.5. The molecule has 0 aromatic heterocycles. The molecule has 0 aliphatic heterocycles. The molecule has 0 bridgehead atoms. The van der Waals surface area contributed by atoms with Gasteiger partial charge in [-0.25, -0.2) is 0 Å². The van der Waals surface area contributed by atoms with E-state index in [-0.39, 0.29) is 11.8 Å². The van der Waals surface area contributed by atoms with Crippen LogP contribution in [-0.2, 0) is 9.59 Å². The van der Waals surface area contributed by atoms with Gasteiger partial charge in [0.1, 0.15) is 0 Å². The lowest BCUT2D eigenvalue weighted by molar-refractivity contribution is -0.123. The number of carbonyl (C=O) groups is 2. The summed E-state index contributed by atoms with van der Waals surface area (Å²) < 4.78 is 0. The third-order valence-electron chi connectivity index (χ3n) is 6.54. The topological polar surface area (TPSA) is 58.2 Å². The van der Waals surface area contributed by atoms with Crippen LogP contribution in [0.4, 0.5) is 0 Å². The second kappa shape index (κ2) is 9.59. The minimum absolute atomic E-state index is 0.240. The minimum Gasteiger partial charge on any atom is -0.353 e. The molecule has 3 rings (SSSR count). The number of carbonyl (C=O) groups excluding carboxylic acids is 2. The average Bonchev–Trinajstić information content (AvgIpc) is 3.03. The molecule has 4 heteroatoms. The Morgan fingerprint density at radius 1 is 0.600 bits per heavy atom. The average molecular weight is 349 g/mol. The molecule has 0 spiro atoms. The van der Waals surface area contributed by atoms with Gasteiger partial charge in [-0.3, -0.25) is 9.59 Å². The first kappa shape index (κ1) is 18.7. The Kier molecular flexibility index (Phi) is 7.18. The maximum atomic E-state index is 12.3. The van der Waals surface area contributed by atoms with E-state index < -0.39 is 0 Å². The highest BCUT2D eigenvalue weighted by Crippen LogP contribution is 2.35. The standard InChI is InChI=1S/C21H36N2O2/c24-20(22-18-7-3-1-4-8-18)14-16-11-12-17(13-16)15-21(25)23-19-9-5-2-6-10-19/h16-19H,1-15H2,(H,22,24)(H,23,25). The lowest BCUT2D eigenvalue weighted by Gasteiger charge is -2.24. The van der Waals surface area contributed by atoms with Crippen molar-refractivity contribution < 1.29 is 9.59 Å². The van der Waals surface area contributed by atoms with Gasteiger partial charge in [0, 0.05) is 24.9 Å². The van der Waals surface area contributed by atoms with Gasteiger partial charge in [0.15, 0.2) is 0 Å². The summed E-state index contributed by atoms with van der Waals surface area (Å²) in [5.41, 5.74) is 0. The normalized spacial score (nSPS) is 28.6. The van der Waals surface area contributed by atoms with Gasteiger partial charge in [-0.15, -0.1) is 0 Å². The van der Waals surface area contributed by atoms with Crippen molar-refractivity contribution in [3.8, 4) is 0 Å². The molecule has 4 nitrogen and oxygen atoms in total. The maximum absolute atomic E-state index is 12.3. The van der Waals surface area contributed by atoms with Crippen LogP contribution in [0, 0.1) is 11.8 Å². The van der Waals surface area contributed by atoms with Crippen molar-refractivity contribution in [2.24, 2.45) is 11.8 Å². The SMILES string of the molecule is O=C(CC1CCC(CC(=O)NC2CCCCC2)C1)NC1CCCCC1. The van der Waals surface area contributed by atoms with Crippen LogP contribution in [0.15, 0.2) is 0 Å². The van der Waals surface area contributed by atoms with Gasteiger partial charge in [-0.1, -0.05) is 38.5 Å². The second-order valence-electron chi connectivity index (χ2n) is 8.76. The lowest BCUT2D eigenvalue weighted by Crippen LogP contribution is -2.37. The van der Waals surface area contributed by atoms with Crippen LogP contribution in [0.3, 0.4) is 0 Å². The van der Waals surface area contributed by atoms with Gasteiger partial charge in [-0.05, 0) is 56.8 Å². The molecule has 0 radical (unpaired) electrons. The number of hydrogen-bond donors (Lipinski definition) is 2. The van der Waals surface area contributed by atoms with Crippen LogP contribution in [0.2, 0.25) is 0 Å². The molecule has 142 valence electrons. The summed E-state index contributed by atoms with van der Waals surface area (Å²) >= 11 is 0. The summed E-state index contributed by atoms with van der Waals surface area (Å²) in [7, 11) is 0. The molecule has 25 heavy (non-hydrogen) atoms. The molecule has 0 heterocycles. The largest absolute Gasteiger partial charge is 0.353 e. The molecule has 0 aromatic carbocycles. The second-order valence-corrected chi connectivity index (χ2v) is 8.76. The molecule has 3 aliphatic rings. The first-order valence-corrected chi connectivity index (χ1v) is 10.8. The Morgan fingerprint density at radius 2 is 1.00 bits per heavy atom. The molecule has 2 unspecified atom stereocenters. The highest BCUT2D eigenvalue weighted by atomic mass is 16.2. The van der Waals surface area contributed by atoms with E-state index in [2.05, 4.69) is 10.6 Å². The summed E-state index contributed by atoms with van der Waals surface area (Å²) in [6.45, 7) is 0. The van der Waals surface area contributed by atoms with Crippen molar-refractivity contribution >= 4 is 11.8 Å². The van der Waals surface area contributed by atoms with E-state index in [1.54, 1.807) is 0 Å². The van der Waals surface area contributed by atoms with E-state index >= 15 is 0 Å². The van der Waals surface area contributed by atoms with Crippen LogP contribution < -0.4 is 10.6 Å². The fraction of sp³-hybridized carbons (Fsp3) is 0.905. The predicted octanol–water partition coefficient (Wildman–Crippen LogP) is 4.08. The lowest BCUT2D eigenvalue weighted by atomic mass is 9.94. The number of nitrogens with one attached hydrogen (secondary N) is 2. The molecular formula is C21H36N2O2. The number of hydrogen-bond acceptors (Lipinski definition) is 2. The highest BCUT2D eigenvalue weighted by molar-refractivity contribution is 5.77. The predicted molar refractivity (Wildman–Crippen MR) is 100 cm³/mol. The van der Waals surface area contributed by atoms with E-state index in [1.165, 1.54) is 38.5 Å². The van der Waals surface area contributed by atoms with Gasteiger partial charge < -0.3 is 10.6 Å². The highest BCUT2D eigenvalue weighted by Gasteiger charge is 2.29. The van der Waals surface area contributed by atoms with E-state index in [0.29, 0.717) is 36.8 Å². The number of rotatable bonds is 6. The third-order valence-corrected chi connectivity index (χ3v) is 6.54. The van der Waals surface area contributed by atoms with Crippen LogP contribution >= 0.6 is 0 Å². The molecule has 2 N–H and O–H groups in total. The zero-order valence-corrected chi connectivity index (χ0v) is 15.7. The van der Waals surface area contributed by atoms with Crippen molar-refractivity contribution in [3.63, 3.8) is 0 Å². The maximum Gasteiger partial charge on any atom is 0.220 e. The molecule has 2 atom stereocenters. The van der Waals surface area contributed by atoms with Crippen LogP contribution in [-0.4, -0.2) is 23.9 Å². The quantitative estimate of drug-likeness (QED) is 0.760. The van der Waals surface area contributed by atoms with Crippen molar-refractivity contribution in [1.82, 2.24) is 10.6 Å². The van der Waals surface area contributed by atoms with Crippen LogP contribution in [0.1, 0.15) is 96.3 Å². The molecule has 3 aliphatic carbocycles. The van der Waals surface area contributed by atoms with Gasteiger partial charge in [-0.2, -0.15) is 0 Å². The Morgan fingerprint density at radius 3 is 1.40 bits per heavy atom. The summed E-state index contributed by atoms with van der Waals surface area (Å²) in [6, 6.07) is 0.833. The van der Waals surface area contributed by atoms with E-state index in [0.717, 1.165) is 44.9 Å². The Bertz CT molecular complexity index is 399. The fourth-order valence-electron chi connectivity index (χ4n) is 5.14. The Hall–Kier alpha value is -1.06. The monoisotopic (exact) mass is 348 g/mol. The first-order chi connectivity index (χ1) is 12.2.